The minimum atomic E-state index is -3.87. The summed E-state index contributed by atoms with van der Waals surface area (Å²) in [6.07, 6.45) is -1.35. The molecule has 0 bridgehead atoms. The number of nitrogens with one attached hydrogen (secondary N) is 2. The normalized spacial score (nSPS) is 11.9. The maximum atomic E-state index is 12.2. The highest BCUT2D eigenvalue weighted by atomic mass is 35.5. The first-order valence-electron chi connectivity index (χ1n) is 8.47. The molecule has 0 spiro atoms. The second kappa shape index (κ2) is 10.0. The molecule has 0 aliphatic carbocycles. The molecule has 2 rings (SSSR count). The first-order chi connectivity index (χ1) is 13.7. The van der Waals surface area contributed by atoms with Gasteiger partial charge in [-0.05, 0) is 43.3 Å². The second-order valence-corrected chi connectivity index (χ2v) is 8.03. The van der Waals surface area contributed by atoms with Crippen molar-refractivity contribution in [2.45, 2.75) is 24.3 Å². The molecule has 2 aromatic carbocycles. The number of sulfonamides is 1. The number of carbonyl (C=O) groups excluding carboxylic acids is 2. The van der Waals surface area contributed by atoms with E-state index in [1.165, 1.54) is 37.3 Å². The van der Waals surface area contributed by atoms with Crippen molar-refractivity contribution in [3.8, 4) is 6.07 Å². The highest BCUT2D eigenvalue weighted by Crippen LogP contribution is 2.20. The van der Waals surface area contributed by atoms with E-state index in [2.05, 4.69) is 10.0 Å². The van der Waals surface area contributed by atoms with E-state index in [0.29, 0.717) is 11.3 Å². The number of amides is 1. The number of anilines is 1. The van der Waals surface area contributed by atoms with Gasteiger partial charge in [0, 0.05) is 12.2 Å². The molecule has 0 fully saturated rings. The number of esters is 1. The summed E-state index contributed by atoms with van der Waals surface area (Å²) in [7, 11) is -3.87. The highest BCUT2D eigenvalue weighted by molar-refractivity contribution is 7.89. The third-order valence-electron chi connectivity index (χ3n) is 3.71. The highest BCUT2D eigenvalue weighted by Gasteiger charge is 2.20. The minimum Gasteiger partial charge on any atom is -0.452 e. The van der Waals surface area contributed by atoms with Crippen LogP contribution in [-0.2, 0) is 24.3 Å². The predicted molar refractivity (Wildman–Crippen MR) is 107 cm³/mol. The number of benzene rings is 2. The van der Waals surface area contributed by atoms with Crippen molar-refractivity contribution >= 4 is 39.2 Å². The Morgan fingerprint density at radius 3 is 2.45 bits per heavy atom. The van der Waals surface area contributed by atoms with Gasteiger partial charge in [-0.15, -0.1) is 0 Å². The summed E-state index contributed by atoms with van der Waals surface area (Å²) in [5, 5.41) is 11.4. The van der Waals surface area contributed by atoms with Crippen LogP contribution in [0.2, 0.25) is 5.02 Å². The van der Waals surface area contributed by atoms with Gasteiger partial charge in [0.15, 0.2) is 6.10 Å². The molecule has 0 aliphatic heterocycles. The summed E-state index contributed by atoms with van der Waals surface area (Å²) in [4.78, 5) is 23.9. The maximum absolute atomic E-state index is 12.2. The van der Waals surface area contributed by atoms with Gasteiger partial charge in [-0.25, -0.2) is 13.1 Å². The Morgan fingerprint density at radius 2 is 1.83 bits per heavy atom. The lowest BCUT2D eigenvalue weighted by Crippen LogP contribution is -2.32. The summed E-state index contributed by atoms with van der Waals surface area (Å²) in [5.74, 6) is -1.30. The third-order valence-corrected chi connectivity index (χ3v) is 5.67. The van der Waals surface area contributed by atoms with Gasteiger partial charge in [0.05, 0.1) is 23.1 Å². The van der Waals surface area contributed by atoms with Crippen molar-refractivity contribution < 1.29 is 22.7 Å². The summed E-state index contributed by atoms with van der Waals surface area (Å²) in [6.45, 7) is 1.18. The molecule has 152 valence electrons. The molecule has 0 saturated heterocycles. The molecule has 0 saturated carbocycles. The van der Waals surface area contributed by atoms with E-state index in [-0.39, 0.29) is 22.9 Å². The second-order valence-electron chi connectivity index (χ2n) is 5.89. The number of nitriles is 1. The van der Waals surface area contributed by atoms with Gasteiger partial charge in [0.1, 0.15) is 4.90 Å². The topological polar surface area (TPSA) is 125 Å². The molecule has 1 amide bonds. The first kappa shape index (κ1) is 22.4. The van der Waals surface area contributed by atoms with Gasteiger partial charge in [-0.3, -0.25) is 9.59 Å². The molecule has 29 heavy (non-hydrogen) atoms. The molecule has 0 aromatic heterocycles. The predicted octanol–water partition coefficient (Wildman–Crippen LogP) is 2.45. The maximum Gasteiger partial charge on any atom is 0.307 e. The van der Waals surface area contributed by atoms with E-state index in [1.807, 2.05) is 6.07 Å². The van der Waals surface area contributed by atoms with E-state index < -0.39 is 28.0 Å². The van der Waals surface area contributed by atoms with E-state index >= 15 is 0 Å². The van der Waals surface area contributed by atoms with Gasteiger partial charge in [0.25, 0.3) is 5.91 Å². The van der Waals surface area contributed by atoms with E-state index in [4.69, 9.17) is 21.6 Å². The van der Waals surface area contributed by atoms with Crippen molar-refractivity contribution in [2.24, 2.45) is 0 Å². The zero-order valence-corrected chi connectivity index (χ0v) is 17.0. The van der Waals surface area contributed by atoms with Crippen molar-refractivity contribution in [3.05, 3.63) is 59.1 Å². The summed E-state index contributed by atoms with van der Waals surface area (Å²) in [5.41, 5.74) is 0.895. The zero-order valence-electron chi connectivity index (χ0n) is 15.4. The summed E-state index contributed by atoms with van der Waals surface area (Å²) in [6, 6.07) is 14.1. The molecule has 0 unspecified atom stereocenters. The van der Waals surface area contributed by atoms with Crippen LogP contribution in [0.3, 0.4) is 0 Å². The van der Waals surface area contributed by atoms with Crippen LogP contribution < -0.4 is 10.0 Å². The Kier molecular flexibility index (Phi) is 7.73. The smallest absolute Gasteiger partial charge is 0.307 e. The van der Waals surface area contributed by atoms with Crippen molar-refractivity contribution in [1.29, 1.82) is 5.26 Å². The van der Waals surface area contributed by atoms with Crippen LogP contribution in [0.15, 0.2) is 53.4 Å². The Hall–Kier alpha value is -2.93. The van der Waals surface area contributed by atoms with Gasteiger partial charge >= 0.3 is 5.97 Å². The fraction of sp³-hybridized carbons (Fsp3) is 0.211. The number of carbonyl (C=O) groups is 2. The molecule has 1 atom stereocenters. The number of hydrogen-bond donors (Lipinski definition) is 2. The molecular formula is C19H18ClN3O5S. The van der Waals surface area contributed by atoms with Crippen LogP contribution in [0.25, 0.3) is 0 Å². The fourth-order valence-corrected chi connectivity index (χ4v) is 3.76. The lowest BCUT2D eigenvalue weighted by molar-refractivity contribution is -0.152. The molecule has 0 aliphatic rings. The number of ether oxygens (including phenoxy) is 1. The van der Waals surface area contributed by atoms with Gasteiger partial charge in [-0.2, -0.15) is 5.26 Å². The van der Waals surface area contributed by atoms with Crippen LogP contribution in [0.4, 0.5) is 5.69 Å². The zero-order chi connectivity index (χ0) is 21.4. The Labute approximate surface area is 173 Å². The van der Waals surface area contributed by atoms with E-state index in [9.17, 15) is 18.0 Å². The number of nitrogens with zero attached hydrogens (tertiary/aromatic N) is 1. The standard InChI is InChI=1S/C19H18ClN3O5S/c1-13(19(25)23-15-8-6-14(12-21)7-9-15)28-18(24)10-11-22-29(26,27)17-5-3-2-4-16(17)20/h2-9,13,22H,10-11H2,1H3,(H,23,25)/t13-/m1/s1. The van der Waals surface area contributed by atoms with E-state index in [0.717, 1.165) is 0 Å². The van der Waals surface area contributed by atoms with Crippen LogP contribution in [-0.4, -0.2) is 32.9 Å². The number of rotatable bonds is 8. The van der Waals surface area contributed by atoms with Crippen molar-refractivity contribution in [1.82, 2.24) is 4.72 Å². The Bertz CT molecular complexity index is 1030. The van der Waals surface area contributed by atoms with Crippen LogP contribution in [0, 0.1) is 11.3 Å². The molecule has 0 heterocycles. The van der Waals surface area contributed by atoms with Gasteiger partial charge < -0.3 is 10.1 Å². The van der Waals surface area contributed by atoms with Crippen molar-refractivity contribution in [3.63, 3.8) is 0 Å². The lowest BCUT2D eigenvalue weighted by atomic mass is 10.2. The third kappa shape index (κ3) is 6.57. The summed E-state index contributed by atoms with van der Waals surface area (Å²) < 4.78 is 31.6. The van der Waals surface area contributed by atoms with Crippen LogP contribution in [0.1, 0.15) is 18.9 Å². The quantitative estimate of drug-likeness (QED) is 0.613. The van der Waals surface area contributed by atoms with Gasteiger partial charge in [-0.1, -0.05) is 23.7 Å². The number of halogens is 1. The molecule has 2 aromatic rings. The average Bonchev–Trinajstić information content (AvgIpc) is 2.68. The monoisotopic (exact) mass is 435 g/mol. The van der Waals surface area contributed by atoms with E-state index in [1.54, 1.807) is 18.2 Å². The largest absolute Gasteiger partial charge is 0.452 e. The lowest BCUT2D eigenvalue weighted by Gasteiger charge is -2.14. The van der Waals surface area contributed by atoms with Crippen molar-refractivity contribution in [2.75, 3.05) is 11.9 Å². The van der Waals surface area contributed by atoms with Gasteiger partial charge in [0.2, 0.25) is 10.0 Å². The SMILES string of the molecule is C[C@@H](OC(=O)CCNS(=O)(=O)c1ccccc1Cl)C(=O)Nc1ccc(C#N)cc1. The molecule has 2 N–H and O–H groups in total. The molecule has 10 heteroatoms. The molecular weight excluding hydrogens is 418 g/mol. The Morgan fingerprint density at radius 1 is 1.17 bits per heavy atom. The minimum absolute atomic E-state index is 0.0654. The molecule has 0 radical (unpaired) electrons. The van der Waals surface area contributed by atoms with Crippen LogP contribution >= 0.6 is 11.6 Å². The first-order valence-corrected chi connectivity index (χ1v) is 10.3. The Balaban J connectivity index is 1.81. The molecule has 8 nitrogen and oxygen atoms in total. The fourth-order valence-electron chi connectivity index (χ4n) is 2.21. The summed E-state index contributed by atoms with van der Waals surface area (Å²) >= 11 is 5.87. The number of hydrogen-bond acceptors (Lipinski definition) is 6. The average molecular weight is 436 g/mol. The van der Waals surface area contributed by atoms with Crippen LogP contribution in [0.5, 0.6) is 0 Å².